The van der Waals surface area contributed by atoms with Crippen molar-refractivity contribution < 1.29 is 38.2 Å². The molecule has 0 aliphatic rings. The molecule has 8 heteroatoms. The van der Waals surface area contributed by atoms with Gasteiger partial charge in [-0.2, -0.15) is 0 Å². The quantitative estimate of drug-likeness (QED) is 0.0263. The van der Waals surface area contributed by atoms with E-state index in [0.29, 0.717) is 12.8 Å². The van der Waals surface area contributed by atoms with Gasteiger partial charge in [-0.3, -0.25) is 9.59 Å². The second-order valence-electron chi connectivity index (χ2n) is 16.3. The van der Waals surface area contributed by atoms with Crippen LogP contribution in [-0.2, 0) is 28.6 Å². The summed E-state index contributed by atoms with van der Waals surface area (Å²) < 4.78 is 17.2. The molecule has 0 aromatic heterocycles. The van der Waals surface area contributed by atoms with Gasteiger partial charge < -0.3 is 28.6 Å². The van der Waals surface area contributed by atoms with Crippen LogP contribution in [0.2, 0.25) is 0 Å². The summed E-state index contributed by atoms with van der Waals surface area (Å²) >= 11 is 0. The van der Waals surface area contributed by atoms with Crippen LogP contribution in [0.5, 0.6) is 0 Å². The molecule has 8 nitrogen and oxygen atoms in total. The number of carboxylic acids is 1. The van der Waals surface area contributed by atoms with E-state index in [4.69, 9.17) is 14.2 Å². The van der Waals surface area contributed by atoms with Gasteiger partial charge in [0, 0.05) is 19.3 Å². The summed E-state index contributed by atoms with van der Waals surface area (Å²) in [4.78, 5) is 36.9. The first-order valence-electron chi connectivity index (χ1n) is 22.8. The Morgan fingerprint density at radius 1 is 0.544 bits per heavy atom. The van der Waals surface area contributed by atoms with E-state index < -0.39 is 18.1 Å². The molecule has 2 unspecified atom stereocenters. The number of esters is 2. The lowest BCUT2D eigenvalue weighted by Gasteiger charge is -2.34. The van der Waals surface area contributed by atoms with Crippen molar-refractivity contribution in [3.8, 4) is 0 Å². The van der Waals surface area contributed by atoms with Crippen molar-refractivity contribution >= 4 is 17.9 Å². The fourth-order valence-electron chi connectivity index (χ4n) is 6.35. The molecule has 0 aromatic carbocycles. The molecule has 0 saturated heterocycles. The minimum atomic E-state index is -1.13. The Hall–Kier alpha value is -2.97. The molecule has 0 heterocycles. The van der Waals surface area contributed by atoms with Gasteiger partial charge in [-0.25, -0.2) is 0 Å². The molecule has 0 radical (unpaired) electrons. The van der Waals surface area contributed by atoms with Crippen LogP contribution in [0, 0.1) is 0 Å². The van der Waals surface area contributed by atoms with Crippen LogP contribution >= 0.6 is 0 Å². The van der Waals surface area contributed by atoms with E-state index in [-0.39, 0.29) is 42.7 Å². The van der Waals surface area contributed by atoms with Crippen molar-refractivity contribution in [1.82, 2.24) is 0 Å². The molecule has 57 heavy (non-hydrogen) atoms. The first kappa shape index (κ1) is 54.0. The number of rotatable bonds is 40. The Labute approximate surface area is 349 Å². The van der Waals surface area contributed by atoms with Gasteiger partial charge in [0.05, 0.1) is 40.3 Å². The third kappa shape index (κ3) is 38.3. The maximum Gasteiger partial charge on any atom is 0.306 e. The van der Waals surface area contributed by atoms with Crippen LogP contribution in [0.3, 0.4) is 0 Å². The molecule has 0 aliphatic heterocycles. The summed E-state index contributed by atoms with van der Waals surface area (Å²) in [5, 5.41) is 11.6. The highest BCUT2D eigenvalue weighted by molar-refractivity contribution is 5.70. The summed E-state index contributed by atoms with van der Waals surface area (Å²) in [6.45, 7) is 4.51. The maximum absolute atomic E-state index is 12.7. The molecule has 0 aromatic rings. The number of carboxylic acid groups (broad SMARTS) is 1. The normalized spacial score (nSPS) is 13.5. The number of carbonyl (C=O) groups is 3. The second-order valence-corrected chi connectivity index (χ2v) is 16.3. The van der Waals surface area contributed by atoms with Crippen LogP contribution in [0.15, 0.2) is 60.8 Å². The van der Waals surface area contributed by atoms with Crippen molar-refractivity contribution in [3.63, 3.8) is 0 Å². The SMILES string of the molecule is CC/C=C\C/C=C\C/C=C\C/C=C\CCCCCCCCC(=O)OC(COCCC(C(=O)[O-])[N+](C)(C)C)COC(=O)CCCCCCC/C=C\CCCCCCC. The third-order valence-electron chi connectivity index (χ3n) is 9.89. The van der Waals surface area contributed by atoms with Crippen LogP contribution < -0.4 is 5.11 Å². The summed E-state index contributed by atoms with van der Waals surface area (Å²) in [7, 11) is 5.40. The molecule has 0 bridgehead atoms. The molecule has 328 valence electrons. The fourth-order valence-corrected chi connectivity index (χ4v) is 6.35. The smallest absolute Gasteiger partial charge is 0.306 e. The average molecular weight is 800 g/mol. The first-order valence-corrected chi connectivity index (χ1v) is 22.8. The maximum atomic E-state index is 12.7. The van der Waals surface area contributed by atoms with Gasteiger partial charge in [-0.1, -0.05) is 145 Å². The zero-order chi connectivity index (χ0) is 42.1. The number of nitrogens with zero attached hydrogens (tertiary/aromatic N) is 1. The van der Waals surface area contributed by atoms with Crippen molar-refractivity contribution in [1.29, 1.82) is 0 Å². The van der Waals surface area contributed by atoms with Gasteiger partial charge in [-0.15, -0.1) is 0 Å². The number of ether oxygens (including phenoxy) is 3. The van der Waals surface area contributed by atoms with Crippen molar-refractivity contribution in [3.05, 3.63) is 60.8 Å². The summed E-state index contributed by atoms with van der Waals surface area (Å²) in [6.07, 6.45) is 48.1. The zero-order valence-corrected chi connectivity index (χ0v) is 37.2. The van der Waals surface area contributed by atoms with E-state index in [2.05, 4.69) is 74.6 Å². The number of allylic oxidation sites excluding steroid dienone is 10. The largest absolute Gasteiger partial charge is 0.544 e. The lowest BCUT2D eigenvalue weighted by molar-refractivity contribution is -0.889. The third-order valence-corrected chi connectivity index (χ3v) is 9.89. The number of aliphatic carboxylic acids is 1. The predicted molar refractivity (Wildman–Crippen MR) is 236 cm³/mol. The number of carbonyl (C=O) groups excluding carboxylic acids is 3. The lowest BCUT2D eigenvalue weighted by atomic mass is 10.1. The summed E-state index contributed by atoms with van der Waals surface area (Å²) in [5.74, 6) is -1.77. The number of hydrogen-bond acceptors (Lipinski definition) is 7. The zero-order valence-electron chi connectivity index (χ0n) is 37.2. The van der Waals surface area contributed by atoms with Crippen LogP contribution in [-0.4, -0.2) is 75.5 Å². The highest BCUT2D eigenvalue weighted by Gasteiger charge is 2.25. The number of unbranched alkanes of at least 4 members (excludes halogenated alkanes) is 16. The molecule has 0 rings (SSSR count). The van der Waals surface area contributed by atoms with Crippen LogP contribution in [0.1, 0.15) is 181 Å². The van der Waals surface area contributed by atoms with E-state index in [0.717, 1.165) is 89.9 Å². The monoisotopic (exact) mass is 800 g/mol. The molecule has 0 N–H and O–H groups in total. The first-order chi connectivity index (χ1) is 27.6. The minimum absolute atomic E-state index is 0.0303. The Morgan fingerprint density at radius 2 is 0.982 bits per heavy atom. The molecule has 0 amide bonds. The highest BCUT2D eigenvalue weighted by atomic mass is 16.6. The predicted octanol–water partition coefficient (Wildman–Crippen LogP) is 11.2. The van der Waals surface area contributed by atoms with E-state index in [9.17, 15) is 19.5 Å². The Balaban J connectivity index is 4.37. The van der Waals surface area contributed by atoms with Crippen molar-refractivity contribution in [2.45, 2.75) is 193 Å². The number of likely N-dealkylation sites (N-methyl/N-ethyl adjacent to an activating group) is 1. The van der Waals surface area contributed by atoms with E-state index in [1.54, 1.807) is 21.1 Å². The molecular weight excluding hydrogens is 715 g/mol. The van der Waals surface area contributed by atoms with Crippen molar-refractivity contribution in [2.75, 3.05) is 41.0 Å². The van der Waals surface area contributed by atoms with Gasteiger partial charge in [0.15, 0.2) is 6.10 Å². The highest BCUT2D eigenvalue weighted by Crippen LogP contribution is 2.13. The summed E-state index contributed by atoms with van der Waals surface area (Å²) in [6, 6.07) is -0.731. The molecule has 2 atom stereocenters. The van der Waals surface area contributed by atoms with Gasteiger partial charge in [0.25, 0.3) is 0 Å². The molecule has 0 aliphatic carbocycles. The number of quaternary nitrogens is 1. The molecular formula is C49H85NO7. The second kappa shape index (κ2) is 39.8. The van der Waals surface area contributed by atoms with Crippen LogP contribution in [0.25, 0.3) is 0 Å². The lowest BCUT2D eigenvalue weighted by Crippen LogP contribution is -2.55. The van der Waals surface area contributed by atoms with Gasteiger partial charge in [0.1, 0.15) is 12.6 Å². The Kier molecular flexibility index (Phi) is 37.8. The standard InChI is InChI=1S/C49H85NO7/c1-6-8-10-12-14-16-18-20-22-23-24-25-26-28-30-32-34-36-38-40-48(52)57-45(43-55-42-41-46(49(53)54)50(3,4)5)44-56-47(51)39-37-35-33-31-29-27-21-19-17-15-13-11-9-7-2/h8,10,14,16,19-22,24-25,45-46H,6-7,9,11-13,15,17-18,23,26-44H2,1-5H3/b10-8-,16-14-,21-19-,22-20-,25-24-. The number of hydrogen-bond donors (Lipinski definition) is 0. The molecule has 0 spiro atoms. The fraction of sp³-hybridized carbons (Fsp3) is 0.735. The Bertz CT molecular complexity index is 1120. The minimum Gasteiger partial charge on any atom is -0.544 e. The Morgan fingerprint density at radius 3 is 1.47 bits per heavy atom. The van der Waals surface area contributed by atoms with Gasteiger partial charge in [-0.05, 0) is 77.0 Å². The van der Waals surface area contributed by atoms with Gasteiger partial charge in [0.2, 0.25) is 0 Å². The average Bonchev–Trinajstić information content (AvgIpc) is 3.17. The van der Waals surface area contributed by atoms with Crippen molar-refractivity contribution in [2.24, 2.45) is 0 Å². The summed E-state index contributed by atoms with van der Waals surface area (Å²) in [5.41, 5.74) is 0. The molecule has 0 saturated carbocycles. The van der Waals surface area contributed by atoms with E-state index in [1.807, 2.05) is 0 Å². The van der Waals surface area contributed by atoms with E-state index >= 15 is 0 Å². The van der Waals surface area contributed by atoms with E-state index in [1.165, 1.54) is 57.8 Å². The molecule has 0 fully saturated rings. The van der Waals surface area contributed by atoms with Crippen LogP contribution in [0.4, 0.5) is 0 Å². The topological polar surface area (TPSA) is 102 Å². The van der Waals surface area contributed by atoms with Gasteiger partial charge >= 0.3 is 11.9 Å².